The van der Waals surface area contributed by atoms with E-state index in [0.717, 1.165) is 23.2 Å². The van der Waals surface area contributed by atoms with Crippen molar-refractivity contribution in [3.05, 3.63) is 59.9 Å². The second-order valence-electron chi connectivity index (χ2n) is 7.96. The maximum atomic E-state index is 12.7. The van der Waals surface area contributed by atoms with Gasteiger partial charge in [-0.15, -0.1) is 0 Å². The molecular weight excluding hydrogens is 368 g/mol. The fourth-order valence-corrected chi connectivity index (χ4v) is 4.24. The predicted molar refractivity (Wildman–Crippen MR) is 110 cm³/mol. The van der Waals surface area contributed by atoms with Crippen molar-refractivity contribution in [1.82, 2.24) is 15.2 Å². The van der Waals surface area contributed by atoms with E-state index in [1.807, 2.05) is 36.4 Å². The molecule has 29 heavy (non-hydrogen) atoms. The lowest BCUT2D eigenvalue weighted by molar-refractivity contribution is -0.129. The first-order valence-corrected chi connectivity index (χ1v) is 9.87. The van der Waals surface area contributed by atoms with Crippen LogP contribution in [0.25, 0.3) is 0 Å². The molecule has 1 saturated heterocycles. The first-order valence-electron chi connectivity index (χ1n) is 9.87. The molecule has 1 fully saturated rings. The highest BCUT2D eigenvalue weighted by Gasteiger charge is 2.51. The smallest absolute Gasteiger partial charge is 0.323 e. The molecule has 0 saturated carbocycles. The highest BCUT2D eigenvalue weighted by atomic mass is 16.5. The van der Waals surface area contributed by atoms with Crippen molar-refractivity contribution in [1.29, 1.82) is 0 Å². The minimum Gasteiger partial charge on any atom is -0.367 e. The zero-order valence-corrected chi connectivity index (χ0v) is 16.8. The van der Waals surface area contributed by atoms with Gasteiger partial charge < -0.3 is 15.0 Å². The van der Waals surface area contributed by atoms with E-state index in [2.05, 4.69) is 10.3 Å². The van der Waals surface area contributed by atoms with Crippen LogP contribution in [0.15, 0.2) is 48.8 Å². The average molecular weight is 394 g/mol. The van der Waals surface area contributed by atoms with E-state index in [4.69, 9.17) is 4.74 Å². The van der Waals surface area contributed by atoms with E-state index >= 15 is 0 Å². The number of para-hydroxylation sites is 1. The zero-order chi connectivity index (χ0) is 20.4. The second-order valence-corrected chi connectivity index (χ2v) is 7.96. The van der Waals surface area contributed by atoms with Gasteiger partial charge in [-0.05, 0) is 42.2 Å². The Morgan fingerprint density at radius 2 is 2.00 bits per heavy atom. The van der Waals surface area contributed by atoms with Gasteiger partial charge in [0, 0.05) is 50.7 Å². The summed E-state index contributed by atoms with van der Waals surface area (Å²) in [5, 5.41) is 2.98. The van der Waals surface area contributed by atoms with Crippen LogP contribution in [0.1, 0.15) is 17.5 Å². The standard InChI is InChI=1S/C22H26N4O3/c1-25(2)21(28)26-14-22(17-5-3-4-6-18(17)26)13-19(29-15-22)20(27)24-12-9-16-7-10-23-11-8-16/h3-8,10-11,19H,9,12-15H2,1-2H3,(H,24,27)/t19-,22+/m0/s1. The van der Waals surface area contributed by atoms with Crippen molar-refractivity contribution < 1.29 is 14.3 Å². The summed E-state index contributed by atoms with van der Waals surface area (Å²) in [4.78, 5) is 32.7. The number of benzene rings is 1. The highest BCUT2D eigenvalue weighted by molar-refractivity contribution is 5.95. The molecular formula is C22H26N4O3. The van der Waals surface area contributed by atoms with Crippen molar-refractivity contribution >= 4 is 17.6 Å². The normalized spacial score (nSPS) is 22.6. The third-order valence-corrected chi connectivity index (χ3v) is 5.73. The van der Waals surface area contributed by atoms with Crippen molar-refractivity contribution in [2.24, 2.45) is 0 Å². The van der Waals surface area contributed by atoms with E-state index in [-0.39, 0.29) is 17.4 Å². The molecule has 0 radical (unpaired) electrons. The topological polar surface area (TPSA) is 74.8 Å². The van der Waals surface area contributed by atoms with Crippen molar-refractivity contribution in [2.75, 3.05) is 38.7 Å². The highest BCUT2D eigenvalue weighted by Crippen LogP contribution is 2.47. The number of rotatable bonds is 4. The average Bonchev–Trinajstić information content (AvgIpc) is 3.31. The van der Waals surface area contributed by atoms with Crippen LogP contribution in [-0.2, 0) is 21.4 Å². The van der Waals surface area contributed by atoms with Crippen molar-refractivity contribution in [2.45, 2.75) is 24.4 Å². The van der Waals surface area contributed by atoms with Gasteiger partial charge in [0.1, 0.15) is 6.10 Å². The van der Waals surface area contributed by atoms with Gasteiger partial charge in [-0.1, -0.05) is 18.2 Å². The summed E-state index contributed by atoms with van der Waals surface area (Å²) in [5.41, 5.74) is 2.79. The van der Waals surface area contributed by atoms with E-state index in [9.17, 15) is 9.59 Å². The second kappa shape index (κ2) is 7.83. The van der Waals surface area contributed by atoms with Crippen LogP contribution in [0.4, 0.5) is 10.5 Å². The Balaban J connectivity index is 1.43. The summed E-state index contributed by atoms with van der Waals surface area (Å²) in [6.07, 6.45) is 4.32. The van der Waals surface area contributed by atoms with E-state index in [1.54, 1.807) is 36.3 Å². The molecule has 2 aliphatic rings. The summed E-state index contributed by atoms with van der Waals surface area (Å²) in [6.45, 7) is 1.52. The molecule has 1 aromatic carbocycles. The third kappa shape index (κ3) is 3.70. The first kappa shape index (κ1) is 19.4. The molecule has 3 amide bonds. The van der Waals surface area contributed by atoms with Crippen LogP contribution in [-0.4, -0.2) is 61.7 Å². The monoisotopic (exact) mass is 394 g/mol. The Morgan fingerprint density at radius 3 is 2.76 bits per heavy atom. The number of hydrogen-bond donors (Lipinski definition) is 1. The first-order chi connectivity index (χ1) is 14.0. The number of pyridine rings is 1. The molecule has 1 N–H and O–H groups in total. The molecule has 3 heterocycles. The Labute approximate surface area is 170 Å². The zero-order valence-electron chi connectivity index (χ0n) is 16.8. The van der Waals surface area contributed by atoms with Crippen LogP contribution in [0, 0.1) is 0 Å². The van der Waals surface area contributed by atoms with E-state index in [0.29, 0.717) is 26.1 Å². The summed E-state index contributed by atoms with van der Waals surface area (Å²) in [5.74, 6) is -0.0919. The van der Waals surface area contributed by atoms with Crippen LogP contribution in [0.3, 0.4) is 0 Å². The number of nitrogens with zero attached hydrogens (tertiary/aromatic N) is 3. The number of aromatic nitrogens is 1. The molecule has 152 valence electrons. The SMILES string of the molecule is CN(C)C(=O)N1C[C@]2(CO[C@H](C(=O)NCCc3ccncc3)C2)c2ccccc21. The summed E-state index contributed by atoms with van der Waals surface area (Å²) in [7, 11) is 3.50. The number of amides is 3. The molecule has 7 heteroatoms. The number of urea groups is 1. The molecule has 1 aromatic heterocycles. The van der Waals surface area contributed by atoms with Gasteiger partial charge >= 0.3 is 6.03 Å². The lowest BCUT2D eigenvalue weighted by atomic mass is 9.80. The molecule has 0 bridgehead atoms. The molecule has 4 rings (SSSR count). The Morgan fingerprint density at radius 1 is 1.24 bits per heavy atom. The molecule has 2 atom stereocenters. The summed E-state index contributed by atoms with van der Waals surface area (Å²) in [6, 6.07) is 11.8. The fourth-order valence-electron chi connectivity index (χ4n) is 4.24. The lowest BCUT2D eigenvalue weighted by Crippen LogP contribution is -2.43. The van der Waals surface area contributed by atoms with Gasteiger partial charge in [0.2, 0.25) is 5.91 Å². The maximum absolute atomic E-state index is 12.7. The van der Waals surface area contributed by atoms with Crippen LogP contribution in [0.2, 0.25) is 0 Å². The Hall–Kier alpha value is -2.93. The number of carbonyl (C=O) groups excluding carboxylic acids is 2. The predicted octanol–water partition coefficient (Wildman–Crippen LogP) is 1.97. The number of fused-ring (bicyclic) bond motifs is 2. The van der Waals surface area contributed by atoms with E-state index in [1.165, 1.54) is 0 Å². The minimum atomic E-state index is -0.505. The number of ether oxygens (including phenoxy) is 1. The molecule has 2 aliphatic heterocycles. The van der Waals surface area contributed by atoms with Gasteiger partial charge in [0.15, 0.2) is 0 Å². The summed E-state index contributed by atoms with van der Waals surface area (Å²) < 4.78 is 5.93. The largest absolute Gasteiger partial charge is 0.367 e. The van der Waals surface area contributed by atoms with Gasteiger partial charge in [-0.25, -0.2) is 4.79 Å². The maximum Gasteiger partial charge on any atom is 0.323 e. The molecule has 2 aromatic rings. The molecule has 7 nitrogen and oxygen atoms in total. The number of carbonyl (C=O) groups is 2. The van der Waals surface area contributed by atoms with Gasteiger partial charge in [-0.2, -0.15) is 0 Å². The summed E-state index contributed by atoms with van der Waals surface area (Å²) >= 11 is 0. The molecule has 0 aliphatic carbocycles. The van der Waals surface area contributed by atoms with Crippen molar-refractivity contribution in [3.63, 3.8) is 0 Å². The quantitative estimate of drug-likeness (QED) is 0.860. The lowest BCUT2D eigenvalue weighted by Gasteiger charge is -2.25. The van der Waals surface area contributed by atoms with Crippen LogP contribution in [0.5, 0.6) is 0 Å². The third-order valence-electron chi connectivity index (χ3n) is 5.73. The van der Waals surface area contributed by atoms with Gasteiger partial charge in [-0.3, -0.25) is 14.7 Å². The van der Waals surface area contributed by atoms with E-state index < -0.39 is 6.10 Å². The van der Waals surface area contributed by atoms with Crippen LogP contribution < -0.4 is 10.2 Å². The number of nitrogens with one attached hydrogen (secondary N) is 1. The number of hydrogen-bond acceptors (Lipinski definition) is 4. The van der Waals surface area contributed by atoms with Gasteiger partial charge in [0.05, 0.1) is 6.61 Å². The Bertz CT molecular complexity index is 902. The fraction of sp³-hybridized carbons (Fsp3) is 0.409. The minimum absolute atomic E-state index is 0.0559. The Kier molecular flexibility index (Phi) is 5.24. The van der Waals surface area contributed by atoms with Gasteiger partial charge in [0.25, 0.3) is 0 Å². The van der Waals surface area contributed by atoms with Crippen LogP contribution >= 0.6 is 0 Å². The molecule has 1 spiro atoms. The number of anilines is 1. The van der Waals surface area contributed by atoms with Crippen molar-refractivity contribution in [3.8, 4) is 0 Å². The molecule has 0 unspecified atom stereocenters.